The summed E-state index contributed by atoms with van der Waals surface area (Å²) in [5.74, 6) is -1.55. The van der Waals surface area contributed by atoms with Gasteiger partial charge in [0.1, 0.15) is 6.04 Å². The minimum absolute atomic E-state index is 0.204. The number of hydrogen-bond acceptors (Lipinski definition) is 5. The maximum atomic E-state index is 13.4. The lowest BCUT2D eigenvalue weighted by atomic mass is 9.96. The molecule has 1 N–H and O–H groups in total. The summed E-state index contributed by atoms with van der Waals surface area (Å²) < 4.78 is 0. The summed E-state index contributed by atoms with van der Waals surface area (Å²) in [6.45, 7) is 7.95. The lowest BCUT2D eigenvalue weighted by molar-refractivity contribution is -0.150. The Morgan fingerprint density at radius 1 is 1.23 bits per heavy atom. The number of rotatable bonds is 10. The van der Waals surface area contributed by atoms with Gasteiger partial charge in [-0.25, -0.2) is 4.79 Å². The Morgan fingerprint density at radius 3 is 2.45 bits per heavy atom. The second kappa shape index (κ2) is 11.8. The van der Waals surface area contributed by atoms with Crippen molar-refractivity contribution < 1.29 is 19.5 Å². The number of amides is 1. The SMILES string of the molecule is CC(C)=CCCC(C)CC1SC[C@@H](C(=O)O)N1C(=O)C(C)C(S)C(=O)c1ccccc1. The smallest absolute Gasteiger partial charge is 0.327 e. The van der Waals surface area contributed by atoms with Gasteiger partial charge in [0.2, 0.25) is 5.91 Å². The van der Waals surface area contributed by atoms with E-state index in [2.05, 4.69) is 39.5 Å². The third-order valence-corrected chi connectivity index (χ3v) is 7.63. The van der Waals surface area contributed by atoms with E-state index in [-0.39, 0.29) is 17.1 Å². The number of thiol groups is 1. The van der Waals surface area contributed by atoms with E-state index in [9.17, 15) is 19.5 Å². The molecule has 1 aliphatic heterocycles. The first kappa shape index (κ1) is 25.5. The molecule has 1 aliphatic rings. The number of carbonyl (C=O) groups excluding carboxylic acids is 2. The average Bonchev–Trinajstić information content (AvgIpc) is 3.15. The van der Waals surface area contributed by atoms with E-state index < -0.39 is 23.2 Å². The Morgan fingerprint density at radius 2 is 1.87 bits per heavy atom. The predicted octanol–water partition coefficient (Wildman–Crippen LogP) is 4.93. The molecule has 5 nitrogen and oxygen atoms in total. The maximum Gasteiger partial charge on any atom is 0.327 e. The molecule has 0 bridgehead atoms. The largest absolute Gasteiger partial charge is 0.480 e. The molecule has 0 radical (unpaired) electrons. The molecule has 1 aromatic rings. The van der Waals surface area contributed by atoms with Crippen LogP contribution in [-0.4, -0.2) is 50.1 Å². The molecule has 4 unspecified atom stereocenters. The van der Waals surface area contributed by atoms with Crippen LogP contribution in [0.1, 0.15) is 57.3 Å². The summed E-state index contributed by atoms with van der Waals surface area (Å²) >= 11 is 5.97. The summed E-state index contributed by atoms with van der Waals surface area (Å²) in [7, 11) is 0. The molecule has 1 saturated heterocycles. The highest BCUT2D eigenvalue weighted by Gasteiger charge is 2.44. The van der Waals surface area contributed by atoms with Gasteiger partial charge in [0.15, 0.2) is 5.78 Å². The second-order valence-electron chi connectivity index (χ2n) is 8.55. The number of aliphatic carboxylic acids is 1. The van der Waals surface area contributed by atoms with Crippen LogP contribution in [0.5, 0.6) is 0 Å². The Kier molecular flexibility index (Phi) is 9.69. The molecule has 1 fully saturated rings. The van der Waals surface area contributed by atoms with Crippen molar-refractivity contribution in [3.8, 4) is 0 Å². The summed E-state index contributed by atoms with van der Waals surface area (Å²) in [5, 5.41) is 8.66. The van der Waals surface area contributed by atoms with Crippen molar-refractivity contribution in [2.45, 2.75) is 63.6 Å². The number of hydrogen-bond donors (Lipinski definition) is 2. The van der Waals surface area contributed by atoms with Crippen LogP contribution in [0.15, 0.2) is 42.0 Å². The molecular formula is C24H33NO4S2. The summed E-state index contributed by atoms with van der Waals surface area (Å²) in [6.07, 6.45) is 4.88. The number of carboxylic acids is 1. The molecule has 1 amide bonds. The summed E-state index contributed by atoms with van der Waals surface area (Å²) in [6, 6.07) is 7.88. The van der Waals surface area contributed by atoms with Crippen molar-refractivity contribution >= 4 is 42.1 Å². The third kappa shape index (κ3) is 6.88. The van der Waals surface area contributed by atoms with Crippen LogP contribution in [-0.2, 0) is 9.59 Å². The highest BCUT2D eigenvalue weighted by atomic mass is 32.2. The quantitative estimate of drug-likeness (QED) is 0.292. The zero-order valence-corrected chi connectivity index (χ0v) is 20.4. The number of thioether (sulfide) groups is 1. The van der Waals surface area contributed by atoms with Crippen LogP contribution >= 0.6 is 24.4 Å². The molecule has 170 valence electrons. The zero-order valence-electron chi connectivity index (χ0n) is 18.7. The minimum atomic E-state index is -1.00. The van der Waals surface area contributed by atoms with Gasteiger partial charge in [-0.15, -0.1) is 11.8 Å². The van der Waals surface area contributed by atoms with E-state index in [0.29, 0.717) is 17.2 Å². The topological polar surface area (TPSA) is 74.7 Å². The number of carbonyl (C=O) groups is 3. The van der Waals surface area contributed by atoms with Gasteiger partial charge in [-0.1, -0.05) is 55.8 Å². The molecular weight excluding hydrogens is 430 g/mol. The number of benzene rings is 1. The van der Waals surface area contributed by atoms with E-state index >= 15 is 0 Å². The van der Waals surface area contributed by atoms with E-state index in [1.54, 1.807) is 31.2 Å². The first-order valence-corrected chi connectivity index (χ1v) is 12.3. The van der Waals surface area contributed by atoms with Crippen LogP contribution in [0.2, 0.25) is 0 Å². The standard InChI is InChI=1S/C24H33NO4S2/c1-15(2)9-8-10-16(3)13-20-25(19(14-31-20)24(28)29)23(27)17(4)22(30)21(26)18-11-6-5-7-12-18/h5-7,9,11-12,16-17,19-20,22,30H,8,10,13-14H2,1-4H3,(H,28,29)/t16?,17?,19-,20?,22?/m0/s1. The number of Topliss-reactive ketones (excluding diaryl/α,β-unsaturated/α-hetero) is 1. The molecule has 1 aromatic carbocycles. The van der Waals surface area contributed by atoms with Crippen LogP contribution in [0, 0.1) is 11.8 Å². The first-order valence-electron chi connectivity index (χ1n) is 10.7. The molecule has 5 atom stereocenters. The van der Waals surface area contributed by atoms with E-state index in [0.717, 1.165) is 19.3 Å². The normalized spacial score (nSPS) is 21.3. The number of carboxylic acid groups (broad SMARTS) is 1. The van der Waals surface area contributed by atoms with Crippen LogP contribution in [0.4, 0.5) is 0 Å². The van der Waals surface area contributed by atoms with Gasteiger partial charge in [-0.05, 0) is 39.0 Å². The maximum absolute atomic E-state index is 13.4. The van der Waals surface area contributed by atoms with E-state index in [1.807, 2.05) is 6.07 Å². The molecule has 31 heavy (non-hydrogen) atoms. The average molecular weight is 464 g/mol. The van der Waals surface area contributed by atoms with E-state index in [4.69, 9.17) is 0 Å². The highest BCUT2D eigenvalue weighted by Crippen LogP contribution is 2.36. The van der Waals surface area contributed by atoms with Crippen molar-refractivity contribution in [1.29, 1.82) is 0 Å². The van der Waals surface area contributed by atoms with E-state index in [1.165, 1.54) is 22.2 Å². The molecule has 0 aliphatic carbocycles. The van der Waals surface area contributed by atoms with Crippen molar-refractivity contribution in [2.75, 3.05) is 5.75 Å². The number of ketones is 1. The first-order chi connectivity index (χ1) is 14.6. The zero-order chi connectivity index (χ0) is 23.1. The Bertz CT molecular complexity index is 807. The Labute approximate surface area is 195 Å². The van der Waals surface area contributed by atoms with Gasteiger partial charge in [-0.2, -0.15) is 12.6 Å². The van der Waals surface area contributed by atoms with Crippen LogP contribution in [0.25, 0.3) is 0 Å². The lowest BCUT2D eigenvalue weighted by Gasteiger charge is -2.32. The van der Waals surface area contributed by atoms with Gasteiger partial charge >= 0.3 is 5.97 Å². The second-order valence-corrected chi connectivity index (χ2v) is 10.3. The Hall–Kier alpha value is -1.73. The molecule has 1 heterocycles. The fraction of sp³-hybridized carbons (Fsp3) is 0.542. The Balaban J connectivity index is 2.13. The summed E-state index contributed by atoms with van der Waals surface area (Å²) in [5.41, 5.74) is 1.78. The predicted molar refractivity (Wildman–Crippen MR) is 130 cm³/mol. The van der Waals surface area contributed by atoms with Crippen LogP contribution in [0.3, 0.4) is 0 Å². The summed E-state index contributed by atoms with van der Waals surface area (Å²) in [4.78, 5) is 39.5. The lowest BCUT2D eigenvalue weighted by Crippen LogP contribution is -2.50. The van der Waals surface area contributed by atoms with Crippen molar-refractivity contribution in [3.05, 3.63) is 47.5 Å². The monoisotopic (exact) mass is 463 g/mol. The molecule has 0 aromatic heterocycles. The van der Waals surface area contributed by atoms with Crippen molar-refractivity contribution in [3.63, 3.8) is 0 Å². The molecule has 0 saturated carbocycles. The number of nitrogens with zero attached hydrogens (tertiary/aromatic N) is 1. The van der Waals surface area contributed by atoms with Crippen molar-refractivity contribution in [2.24, 2.45) is 11.8 Å². The van der Waals surface area contributed by atoms with Gasteiger partial charge in [0.25, 0.3) is 0 Å². The minimum Gasteiger partial charge on any atom is -0.480 e. The highest BCUT2D eigenvalue weighted by molar-refractivity contribution is 8.00. The van der Waals surface area contributed by atoms with Crippen molar-refractivity contribution in [1.82, 2.24) is 4.90 Å². The fourth-order valence-corrected chi connectivity index (χ4v) is 5.58. The van der Waals surface area contributed by atoms with Crippen LogP contribution < -0.4 is 0 Å². The molecule has 7 heteroatoms. The van der Waals surface area contributed by atoms with Gasteiger partial charge in [-0.3, -0.25) is 9.59 Å². The molecule has 0 spiro atoms. The van der Waals surface area contributed by atoms with Gasteiger partial charge < -0.3 is 10.0 Å². The van der Waals surface area contributed by atoms with Gasteiger partial charge in [0.05, 0.1) is 16.5 Å². The molecule has 2 rings (SSSR count). The number of allylic oxidation sites excluding steroid dienone is 2. The fourth-order valence-electron chi connectivity index (χ4n) is 3.72. The van der Waals surface area contributed by atoms with Gasteiger partial charge in [0, 0.05) is 11.3 Å². The third-order valence-electron chi connectivity index (χ3n) is 5.64.